The third-order valence-corrected chi connectivity index (χ3v) is 3.06. The Hall–Kier alpha value is -3.03. The van der Waals surface area contributed by atoms with Crippen LogP contribution in [0.15, 0.2) is 41.2 Å². The van der Waals surface area contributed by atoms with Gasteiger partial charge in [0.05, 0.1) is 10.6 Å². The van der Waals surface area contributed by atoms with Crippen LogP contribution < -0.4 is 10.9 Å². The Labute approximate surface area is 125 Å². The lowest BCUT2D eigenvalue weighted by Crippen LogP contribution is -2.33. The van der Waals surface area contributed by atoms with Gasteiger partial charge in [-0.05, 0) is 26.0 Å². The van der Waals surface area contributed by atoms with E-state index in [1.807, 2.05) is 0 Å². The van der Waals surface area contributed by atoms with Gasteiger partial charge in [-0.15, -0.1) is 0 Å². The summed E-state index contributed by atoms with van der Waals surface area (Å²) in [5, 5.41) is 17.4. The number of hydrogen-bond donors (Lipinski definition) is 1. The van der Waals surface area contributed by atoms with Crippen molar-refractivity contribution in [1.82, 2.24) is 9.78 Å². The lowest BCUT2D eigenvalue weighted by molar-refractivity contribution is -0.383. The number of anilines is 1. The molecule has 8 nitrogen and oxygen atoms in total. The number of carbonyl (C=O) groups excluding carboxylic acids is 1. The number of nitrogens with one attached hydrogen (secondary N) is 1. The van der Waals surface area contributed by atoms with E-state index in [-0.39, 0.29) is 11.4 Å². The van der Waals surface area contributed by atoms with Gasteiger partial charge in [-0.3, -0.25) is 19.7 Å². The van der Waals surface area contributed by atoms with Gasteiger partial charge < -0.3 is 5.32 Å². The van der Waals surface area contributed by atoms with Crippen molar-refractivity contribution in [3.8, 4) is 0 Å². The molecule has 0 aliphatic heterocycles. The molecule has 1 aromatic heterocycles. The number of amides is 1. The lowest BCUT2D eigenvalue weighted by Gasteiger charge is -2.14. The highest BCUT2D eigenvalue weighted by Crippen LogP contribution is 2.23. The molecule has 0 spiro atoms. The monoisotopic (exact) mass is 302 g/mol. The Morgan fingerprint density at radius 1 is 1.32 bits per heavy atom. The van der Waals surface area contributed by atoms with E-state index in [4.69, 9.17) is 0 Å². The van der Waals surface area contributed by atoms with Crippen LogP contribution in [0.1, 0.15) is 18.7 Å². The molecule has 114 valence electrons. The van der Waals surface area contributed by atoms with Gasteiger partial charge in [-0.1, -0.05) is 12.1 Å². The largest absolute Gasteiger partial charge is 0.319 e. The van der Waals surface area contributed by atoms with Crippen molar-refractivity contribution in [3.63, 3.8) is 0 Å². The summed E-state index contributed by atoms with van der Waals surface area (Å²) < 4.78 is 1.04. The first-order valence-corrected chi connectivity index (χ1v) is 6.51. The van der Waals surface area contributed by atoms with Crippen LogP contribution >= 0.6 is 0 Å². The average Bonchev–Trinajstić information content (AvgIpc) is 2.49. The van der Waals surface area contributed by atoms with E-state index in [0.717, 1.165) is 4.68 Å². The Morgan fingerprint density at radius 2 is 2.00 bits per heavy atom. The maximum Gasteiger partial charge on any atom is 0.292 e. The molecule has 0 radical (unpaired) electrons. The maximum absolute atomic E-state index is 12.2. The number of carbonyl (C=O) groups is 1. The molecule has 1 amide bonds. The second kappa shape index (κ2) is 6.17. The third kappa shape index (κ3) is 3.17. The highest BCUT2D eigenvalue weighted by molar-refractivity contribution is 5.95. The summed E-state index contributed by atoms with van der Waals surface area (Å²) in [5.41, 5.74) is 0.0263. The summed E-state index contributed by atoms with van der Waals surface area (Å²) in [7, 11) is 0. The van der Waals surface area contributed by atoms with Gasteiger partial charge in [0.2, 0.25) is 5.91 Å². The SMILES string of the molecule is Cc1ccc(=O)n(C(C)C(=O)Nc2ccccc2[N+](=O)[O-])n1. The molecular weight excluding hydrogens is 288 g/mol. The average molecular weight is 302 g/mol. The van der Waals surface area contributed by atoms with Crippen LogP contribution in [0.5, 0.6) is 0 Å². The highest BCUT2D eigenvalue weighted by atomic mass is 16.6. The van der Waals surface area contributed by atoms with Crippen LogP contribution in [0.4, 0.5) is 11.4 Å². The molecule has 2 rings (SSSR count). The molecule has 0 saturated heterocycles. The Morgan fingerprint density at radius 3 is 2.68 bits per heavy atom. The normalized spacial score (nSPS) is 11.7. The summed E-state index contributed by atoms with van der Waals surface area (Å²) in [6.07, 6.45) is 0. The fraction of sp³-hybridized carbons (Fsp3) is 0.214. The molecule has 0 bridgehead atoms. The predicted molar refractivity (Wildman–Crippen MR) is 79.7 cm³/mol. The molecule has 1 N–H and O–H groups in total. The van der Waals surface area contributed by atoms with E-state index in [9.17, 15) is 19.7 Å². The molecule has 8 heteroatoms. The van der Waals surface area contributed by atoms with E-state index < -0.39 is 22.4 Å². The van der Waals surface area contributed by atoms with Gasteiger partial charge >= 0.3 is 0 Å². The van der Waals surface area contributed by atoms with Crippen LogP contribution in [0.2, 0.25) is 0 Å². The molecular formula is C14H14N4O4. The van der Waals surface area contributed by atoms with Crippen molar-refractivity contribution in [2.45, 2.75) is 19.9 Å². The number of rotatable bonds is 4. The number of hydrogen-bond acceptors (Lipinski definition) is 5. The lowest BCUT2D eigenvalue weighted by atomic mass is 10.2. The second-order valence-electron chi connectivity index (χ2n) is 4.70. The first-order valence-electron chi connectivity index (χ1n) is 6.51. The van der Waals surface area contributed by atoms with Crippen LogP contribution in [-0.2, 0) is 4.79 Å². The standard InChI is InChI=1S/C14H14N4O4/c1-9-7-8-13(19)17(16-9)10(2)14(20)15-11-5-3-4-6-12(11)18(21)22/h3-8,10H,1-2H3,(H,15,20). The van der Waals surface area contributed by atoms with Crippen molar-refractivity contribution in [1.29, 1.82) is 0 Å². The summed E-state index contributed by atoms with van der Waals surface area (Å²) in [4.78, 5) is 34.3. The molecule has 1 heterocycles. The maximum atomic E-state index is 12.2. The van der Waals surface area contributed by atoms with Crippen LogP contribution in [0.25, 0.3) is 0 Å². The smallest absolute Gasteiger partial charge is 0.292 e. The van der Waals surface area contributed by atoms with E-state index in [1.165, 1.54) is 31.2 Å². The highest BCUT2D eigenvalue weighted by Gasteiger charge is 2.21. The predicted octanol–water partition coefficient (Wildman–Crippen LogP) is 1.66. The molecule has 0 saturated carbocycles. The minimum absolute atomic E-state index is 0.0741. The van der Waals surface area contributed by atoms with E-state index >= 15 is 0 Å². The van der Waals surface area contributed by atoms with Crippen molar-refractivity contribution in [2.24, 2.45) is 0 Å². The summed E-state index contributed by atoms with van der Waals surface area (Å²) in [5.74, 6) is -0.561. The number of nitrogens with zero attached hydrogens (tertiary/aromatic N) is 3. The van der Waals surface area contributed by atoms with Crippen molar-refractivity contribution in [2.75, 3.05) is 5.32 Å². The number of benzene rings is 1. The van der Waals surface area contributed by atoms with Crippen molar-refractivity contribution < 1.29 is 9.72 Å². The van der Waals surface area contributed by atoms with Gasteiger partial charge in [-0.2, -0.15) is 5.10 Å². The van der Waals surface area contributed by atoms with Crippen LogP contribution in [-0.4, -0.2) is 20.6 Å². The zero-order valence-corrected chi connectivity index (χ0v) is 12.0. The molecule has 0 aliphatic rings. The Kier molecular flexibility index (Phi) is 4.31. The van der Waals surface area contributed by atoms with Gasteiger partial charge in [0.1, 0.15) is 11.7 Å². The minimum Gasteiger partial charge on any atom is -0.319 e. The summed E-state index contributed by atoms with van der Waals surface area (Å²) in [6.45, 7) is 3.19. The van der Waals surface area contributed by atoms with E-state index in [2.05, 4.69) is 10.4 Å². The number of para-hydroxylation sites is 2. The van der Waals surface area contributed by atoms with Crippen LogP contribution in [0.3, 0.4) is 0 Å². The van der Waals surface area contributed by atoms with Gasteiger partial charge in [0, 0.05) is 12.1 Å². The number of aromatic nitrogens is 2. The third-order valence-electron chi connectivity index (χ3n) is 3.06. The van der Waals surface area contributed by atoms with Gasteiger partial charge in [0.25, 0.3) is 11.2 Å². The zero-order chi connectivity index (χ0) is 16.3. The molecule has 22 heavy (non-hydrogen) atoms. The Balaban J connectivity index is 2.28. The molecule has 1 aromatic carbocycles. The molecule has 1 atom stereocenters. The number of aryl methyl sites for hydroxylation is 1. The van der Waals surface area contributed by atoms with Crippen LogP contribution in [0, 0.1) is 17.0 Å². The first kappa shape index (κ1) is 15.4. The van der Waals surface area contributed by atoms with E-state index in [1.54, 1.807) is 19.1 Å². The van der Waals surface area contributed by atoms with Gasteiger partial charge in [0.15, 0.2) is 0 Å². The first-order chi connectivity index (χ1) is 10.4. The molecule has 2 aromatic rings. The number of nitro groups is 1. The zero-order valence-electron chi connectivity index (χ0n) is 12.0. The van der Waals surface area contributed by atoms with Crippen molar-refractivity contribution in [3.05, 3.63) is 62.6 Å². The van der Waals surface area contributed by atoms with Gasteiger partial charge in [-0.25, -0.2) is 4.68 Å². The molecule has 0 aliphatic carbocycles. The topological polar surface area (TPSA) is 107 Å². The Bertz CT molecular complexity index is 784. The second-order valence-corrected chi connectivity index (χ2v) is 4.70. The summed E-state index contributed by atoms with van der Waals surface area (Å²) in [6, 6.07) is 7.76. The summed E-state index contributed by atoms with van der Waals surface area (Å²) >= 11 is 0. The fourth-order valence-corrected chi connectivity index (χ4v) is 1.89. The fourth-order valence-electron chi connectivity index (χ4n) is 1.89. The number of nitro benzene ring substituents is 1. The quantitative estimate of drug-likeness (QED) is 0.682. The minimum atomic E-state index is -0.896. The molecule has 1 unspecified atom stereocenters. The molecule has 0 fully saturated rings. The van der Waals surface area contributed by atoms with Crippen molar-refractivity contribution >= 4 is 17.3 Å². The van der Waals surface area contributed by atoms with E-state index in [0.29, 0.717) is 5.69 Å².